The summed E-state index contributed by atoms with van der Waals surface area (Å²) in [6.45, 7) is 2.44. The number of hydrogen-bond donors (Lipinski definition) is 1. The third-order valence-corrected chi connectivity index (χ3v) is 7.02. The first-order valence-corrected chi connectivity index (χ1v) is 11.2. The summed E-state index contributed by atoms with van der Waals surface area (Å²) in [4.78, 5) is 23.2. The number of likely N-dealkylation sites (N-methyl/N-ethyl adjacent to an activating group) is 1. The molecule has 1 aliphatic rings. The van der Waals surface area contributed by atoms with Crippen molar-refractivity contribution in [2.45, 2.75) is 11.3 Å². The summed E-state index contributed by atoms with van der Waals surface area (Å²) >= 11 is 0. The van der Waals surface area contributed by atoms with Gasteiger partial charge in [-0.1, -0.05) is 12.1 Å². The summed E-state index contributed by atoms with van der Waals surface area (Å²) in [6, 6.07) is 10.4. The van der Waals surface area contributed by atoms with E-state index in [1.165, 1.54) is 22.8 Å². The Morgan fingerprint density at radius 1 is 1.07 bits per heavy atom. The lowest BCUT2D eigenvalue weighted by Crippen LogP contribution is -2.34. The van der Waals surface area contributed by atoms with Gasteiger partial charge in [0.25, 0.3) is 5.91 Å². The van der Waals surface area contributed by atoms with E-state index in [0.29, 0.717) is 36.4 Å². The average Bonchev–Trinajstić information content (AvgIpc) is 2.98. The van der Waals surface area contributed by atoms with Crippen molar-refractivity contribution in [3.63, 3.8) is 0 Å². The highest BCUT2D eigenvalue weighted by molar-refractivity contribution is 7.89. The molecule has 1 fully saturated rings. The van der Waals surface area contributed by atoms with E-state index < -0.39 is 10.0 Å². The van der Waals surface area contributed by atoms with Crippen molar-refractivity contribution in [2.24, 2.45) is 0 Å². The minimum Gasteiger partial charge on any atom is -0.321 e. The van der Waals surface area contributed by atoms with Gasteiger partial charge in [0.2, 0.25) is 10.0 Å². The van der Waals surface area contributed by atoms with E-state index in [0.717, 1.165) is 18.4 Å². The predicted molar refractivity (Wildman–Crippen MR) is 115 cm³/mol. The molecule has 0 aliphatic carbocycles. The molecule has 156 valence electrons. The fourth-order valence-electron chi connectivity index (χ4n) is 3.45. The van der Waals surface area contributed by atoms with Crippen molar-refractivity contribution in [3.05, 3.63) is 60.6 Å². The minimum absolute atomic E-state index is 0.0741. The molecule has 0 radical (unpaired) electrons. The van der Waals surface area contributed by atoms with Crippen LogP contribution in [0.3, 0.4) is 0 Å². The number of hydrogen-bond acceptors (Lipinski definition) is 6. The Bertz CT molecular complexity index is 1180. The van der Waals surface area contributed by atoms with Gasteiger partial charge >= 0.3 is 0 Å². The second-order valence-corrected chi connectivity index (χ2v) is 9.27. The van der Waals surface area contributed by atoms with Crippen LogP contribution in [0.25, 0.3) is 10.9 Å². The van der Waals surface area contributed by atoms with Gasteiger partial charge in [-0.2, -0.15) is 4.31 Å². The third-order valence-electron chi connectivity index (χ3n) is 5.16. The third kappa shape index (κ3) is 4.33. The Hall–Kier alpha value is -2.88. The van der Waals surface area contributed by atoms with E-state index in [-0.39, 0.29) is 10.8 Å². The maximum absolute atomic E-state index is 13.0. The van der Waals surface area contributed by atoms with Crippen LogP contribution in [0, 0.1) is 0 Å². The SMILES string of the molecule is CN1CCCN(S(=O)(=O)c2cncc(NC(=O)c3ccc4cccnc4c3)c2)CC1. The number of anilines is 1. The number of pyridine rings is 2. The Kier molecular flexibility index (Phi) is 5.76. The minimum atomic E-state index is -3.68. The van der Waals surface area contributed by atoms with Crippen molar-refractivity contribution in [3.8, 4) is 0 Å². The molecule has 0 atom stereocenters. The number of fused-ring (bicyclic) bond motifs is 1. The molecule has 8 nitrogen and oxygen atoms in total. The summed E-state index contributed by atoms with van der Waals surface area (Å²) in [5, 5.41) is 3.67. The molecule has 0 bridgehead atoms. The van der Waals surface area contributed by atoms with Crippen LogP contribution in [0.1, 0.15) is 16.8 Å². The summed E-state index contributed by atoms with van der Waals surface area (Å²) < 4.78 is 27.6. The first-order valence-electron chi connectivity index (χ1n) is 9.73. The smallest absolute Gasteiger partial charge is 0.255 e. The van der Waals surface area contributed by atoms with Crippen LogP contribution in [0.5, 0.6) is 0 Å². The van der Waals surface area contributed by atoms with E-state index in [4.69, 9.17) is 0 Å². The van der Waals surface area contributed by atoms with E-state index in [2.05, 4.69) is 20.2 Å². The van der Waals surface area contributed by atoms with Crippen LogP contribution >= 0.6 is 0 Å². The normalized spacial score (nSPS) is 16.3. The highest BCUT2D eigenvalue weighted by Crippen LogP contribution is 2.21. The maximum Gasteiger partial charge on any atom is 0.255 e. The van der Waals surface area contributed by atoms with Crippen LogP contribution in [-0.2, 0) is 10.0 Å². The zero-order chi connectivity index (χ0) is 21.1. The highest BCUT2D eigenvalue weighted by atomic mass is 32.2. The molecule has 0 unspecified atom stereocenters. The largest absolute Gasteiger partial charge is 0.321 e. The van der Waals surface area contributed by atoms with Crippen LogP contribution in [-0.4, -0.2) is 66.7 Å². The molecule has 9 heteroatoms. The first-order chi connectivity index (χ1) is 14.4. The topological polar surface area (TPSA) is 95.5 Å². The molecule has 3 heterocycles. The number of sulfonamides is 1. The number of amides is 1. The lowest BCUT2D eigenvalue weighted by molar-refractivity contribution is 0.102. The summed E-state index contributed by atoms with van der Waals surface area (Å²) in [5.41, 5.74) is 1.48. The molecular weight excluding hydrogens is 402 g/mol. The van der Waals surface area contributed by atoms with Gasteiger partial charge in [0.1, 0.15) is 4.90 Å². The van der Waals surface area contributed by atoms with Crippen molar-refractivity contribution in [2.75, 3.05) is 38.5 Å². The second-order valence-electron chi connectivity index (χ2n) is 7.34. The number of nitrogens with one attached hydrogen (secondary N) is 1. The summed E-state index contributed by atoms with van der Waals surface area (Å²) in [5.74, 6) is -0.352. The van der Waals surface area contributed by atoms with Crippen LogP contribution < -0.4 is 5.32 Å². The molecule has 1 aliphatic heterocycles. The molecule has 0 saturated carbocycles. The van der Waals surface area contributed by atoms with Gasteiger partial charge in [-0.25, -0.2) is 8.42 Å². The van der Waals surface area contributed by atoms with E-state index in [1.807, 2.05) is 25.2 Å². The van der Waals surface area contributed by atoms with Crippen molar-refractivity contribution < 1.29 is 13.2 Å². The molecule has 1 N–H and O–H groups in total. The second kappa shape index (κ2) is 8.47. The van der Waals surface area contributed by atoms with Gasteiger partial charge in [-0.15, -0.1) is 0 Å². The summed E-state index contributed by atoms with van der Waals surface area (Å²) in [6.07, 6.45) is 5.20. The Morgan fingerprint density at radius 3 is 2.80 bits per heavy atom. The van der Waals surface area contributed by atoms with Crippen LogP contribution in [0.2, 0.25) is 0 Å². The zero-order valence-corrected chi connectivity index (χ0v) is 17.5. The summed E-state index contributed by atoms with van der Waals surface area (Å²) in [7, 11) is -1.70. The van der Waals surface area contributed by atoms with Crippen LogP contribution in [0.15, 0.2) is 59.9 Å². The monoisotopic (exact) mass is 425 g/mol. The standard InChI is InChI=1S/C21H23N5O3S/c1-25-8-3-9-26(11-10-25)30(28,29)19-13-18(14-22-15-19)24-21(27)17-6-5-16-4-2-7-23-20(16)12-17/h2,4-7,12-15H,3,8-11H2,1H3,(H,24,27). The number of aromatic nitrogens is 2. The van der Waals surface area contributed by atoms with E-state index in [1.54, 1.807) is 18.3 Å². The number of carbonyl (C=O) groups is 1. The Morgan fingerprint density at radius 2 is 1.93 bits per heavy atom. The lowest BCUT2D eigenvalue weighted by atomic mass is 10.1. The van der Waals surface area contributed by atoms with Gasteiger partial charge in [0.15, 0.2) is 0 Å². The number of nitrogens with zero attached hydrogens (tertiary/aromatic N) is 4. The maximum atomic E-state index is 13.0. The first kappa shape index (κ1) is 20.4. The molecule has 1 amide bonds. The van der Waals surface area contributed by atoms with Crippen molar-refractivity contribution in [1.82, 2.24) is 19.2 Å². The highest BCUT2D eigenvalue weighted by Gasteiger charge is 2.27. The number of benzene rings is 1. The Balaban J connectivity index is 1.54. The van der Waals surface area contributed by atoms with E-state index in [9.17, 15) is 13.2 Å². The fourth-order valence-corrected chi connectivity index (χ4v) is 4.91. The molecule has 2 aromatic heterocycles. The number of carbonyl (C=O) groups excluding carboxylic acids is 1. The Labute approximate surface area is 175 Å². The van der Waals surface area contributed by atoms with E-state index >= 15 is 0 Å². The molecule has 1 saturated heterocycles. The average molecular weight is 426 g/mol. The van der Waals surface area contributed by atoms with Gasteiger partial charge in [0.05, 0.1) is 17.4 Å². The molecule has 0 spiro atoms. The van der Waals surface area contributed by atoms with Gasteiger partial charge in [0, 0.05) is 43.0 Å². The molecule has 1 aromatic carbocycles. The quantitative estimate of drug-likeness (QED) is 0.689. The molecular formula is C21H23N5O3S. The van der Waals surface area contributed by atoms with Gasteiger partial charge < -0.3 is 10.2 Å². The van der Waals surface area contributed by atoms with Crippen molar-refractivity contribution >= 4 is 32.5 Å². The van der Waals surface area contributed by atoms with Crippen LogP contribution in [0.4, 0.5) is 5.69 Å². The van der Waals surface area contributed by atoms with Crippen molar-refractivity contribution in [1.29, 1.82) is 0 Å². The lowest BCUT2D eigenvalue weighted by Gasteiger charge is -2.20. The molecule has 3 aromatic rings. The van der Waals surface area contributed by atoms with Gasteiger partial charge in [-0.3, -0.25) is 14.8 Å². The fraction of sp³-hybridized carbons (Fsp3) is 0.286. The molecule has 4 rings (SSSR count). The predicted octanol–water partition coefficient (Wildman–Crippen LogP) is 2.21. The van der Waals surface area contributed by atoms with Gasteiger partial charge in [-0.05, 0) is 44.3 Å². The molecule has 30 heavy (non-hydrogen) atoms. The number of rotatable bonds is 4. The zero-order valence-electron chi connectivity index (χ0n) is 16.7.